The zero-order valence-corrected chi connectivity index (χ0v) is 17.8. The van der Waals surface area contributed by atoms with Crippen LogP contribution in [0, 0.1) is 11.8 Å². The van der Waals surface area contributed by atoms with Crippen LogP contribution in [-0.2, 0) is 4.74 Å². The fourth-order valence-corrected chi connectivity index (χ4v) is 6.06. The van der Waals surface area contributed by atoms with Crippen molar-refractivity contribution in [1.29, 1.82) is 0 Å². The Hall–Kier alpha value is -3.82. The molecule has 1 saturated heterocycles. The second-order valence-electron chi connectivity index (χ2n) is 9.02. The van der Waals surface area contributed by atoms with Crippen LogP contribution in [0.2, 0.25) is 0 Å². The zero-order chi connectivity index (χ0) is 22.1. The second-order valence-corrected chi connectivity index (χ2v) is 9.02. The van der Waals surface area contributed by atoms with E-state index in [9.17, 15) is 9.59 Å². The molecule has 1 fully saturated rings. The average Bonchev–Trinajstić information content (AvgIpc) is 3.46. The molecule has 2 heterocycles. The molecule has 0 amide bonds. The minimum Gasteiger partial charge on any atom is -0.364 e. The Morgan fingerprint density at radius 1 is 0.455 bits per heavy atom. The van der Waals surface area contributed by atoms with Gasteiger partial charge in [-0.15, -0.1) is 0 Å². The summed E-state index contributed by atoms with van der Waals surface area (Å²) in [6.45, 7) is 0. The van der Waals surface area contributed by atoms with Crippen molar-refractivity contribution < 1.29 is 14.3 Å². The Morgan fingerprint density at radius 3 is 1.27 bits per heavy atom. The normalized spacial score (nSPS) is 24.4. The molecule has 0 spiro atoms. The van der Waals surface area contributed by atoms with Crippen LogP contribution in [0.15, 0.2) is 97.1 Å². The number of hydrogen-bond acceptors (Lipinski definition) is 3. The molecule has 2 aliphatic heterocycles. The molecule has 0 radical (unpaired) electrons. The maximum Gasteiger partial charge on any atom is 0.170 e. The fraction of sp³-hybridized carbons (Fsp3) is 0.133. The molecule has 0 aromatic heterocycles. The first-order chi connectivity index (χ1) is 16.2. The highest BCUT2D eigenvalue weighted by Gasteiger charge is 2.61. The Morgan fingerprint density at radius 2 is 0.848 bits per heavy atom. The van der Waals surface area contributed by atoms with Crippen molar-refractivity contribution in [3.8, 4) is 22.3 Å². The van der Waals surface area contributed by atoms with Gasteiger partial charge in [0, 0.05) is 11.1 Å². The highest BCUT2D eigenvalue weighted by atomic mass is 16.5. The average molecular weight is 428 g/mol. The zero-order valence-electron chi connectivity index (χ0n) is 17.8. The molecule has 33 heavy (non-hydrogen) atoms. The summed E-state index contributed by atoms with van der Waals surface area (Å²) >= 11 is 0. The summed E-state index contributed by atoms with van der Waals surface area (Å²) in [5.74, 6) is -0.897. The standard InChI is InChI=1S/C30H20O3/c31-27-21-13-7-8-14-22(21)28(32)26-25(27)29-23-19(17-9-3-1-4-10-17)15-16-20(24(23)30(26)33-29)18-11-5-2-6-12-18/h1-16,25-26,29-30H/t25-,26+,29+,30-. The van der Waals surface area contributed by atoms with E-state index in [-0.39, 0.29) is 11.6 Å². The van der Waals surface area contributed by atoms with Gasteiger partial charge in [0.05, 0.1) is 24.0 Å². The molecule has 4 atom stereocenters. The van der Waals surface area contributed by atoms with Crippen LogP contribution in [0.3, 0.4) is 0 Å². The molecule has 3 nitrogen and oxygen atoms in total. The van der Waals surface area contributed by atoms with Crippen LogP contribution < -0.4 is 0 Å². The quantitative estimate of drug-likeness (QED) is 0.368. The third-order valence-electron chi connectivity index (χ3n) is 7.42. The number of rotatable bonds is 2. The Labute approximate surface area is 191 Å². The monoisotopic (exact) mass is 428 g/mol. The van der Waals surface area contributed by atoms with Crippen LogP contribution in [-0.4, -0.2) is 11.6 Å². The maximum absolute atomic E-state index is 13.6. The number of benzene rings is 4. The van der Waals surface area contributed by atoms with E-state index in [4.69, 9.17) is 4.74 Å². The highest BCUT2D eigenvalue weighted by Crippen LogP contribution is 2.63. The lowest BCUT2D eigenvalue weighted by Crippen LogP contribution is -2.39. The number of Topliss-reactive ketones (excluding diaryl/α,β-unsaturated/α-hetero) is 2. The molecular weight excluding hydrogens is 408 g/mol. The molecule has 158 valence electrons. The van der Waals surface area contributed by atoms with Crippen molar-refractivity contribution in [1.82, 2.24) is 0 Å². The van der Waals surface area contributed by atoms with Gasteiger partial charge < -0.3 is 4.74 Å². The van der Waals surface area contributed by atoms with Crippen LogP contribution in [0.5, 0.6) is 0 Å². The predicted octanol–water partition coefficient (Wildman–Crippen LogP) is 6.46. The van der Waals surface area contributed by atoms with E-state index < -0.39 is 24.0 Å². The first-order valence-corrected chi connectivity index (χ1v) is 11.3. The molecule has 7 rings (SSSR count). The summed E-state index contributed by atoms with van der Waals surface area (Å²) in [5.41, 5.74) is 7.53. The lowest BCUT2D eigenvalue weighted by molar-refractivity contribution is 0.0513. The van der Waals surface area contributed by atoms with Gasteiger partial charge in [-0.25, -0.2) is 0 Å². The van der Waals surface area contributed by atoms with Crippen LogP contribution in [0.25, 0.3) is 22.3 Å². The number of hydrogen-bond donors (Lipinski definition) is 0. The molecule has 0 N–H and O–H groups in total. The fourth-order valence-electron chi connectivity index (χ4n) is 6.06. The van der Waals surface area contributed by atoms with Crippen molar-refractivity contribution in [2.24, 2.45) is 11.8 Å². The summed E-state index contributed by atoms with van der Waals surface area (Å²) in [6, 6.07) is 31.9. The van der Waals surface area contributed by atoms with E-state index in [0.29, 0.717) is 11.1 Å². The van der Waals surface area contributed by atoms with Crippen LogP contribution in [0.4, 0.5) is 0 Å². The number of fused-ring (bicyclic) bond motifs is 9. The molecule has 3 heteroatoms. The van der Waals surface area contributed by atoms with Gasteiger partial charge in [-0.2, -0.15) is 0 Å². The molecule has 0 unspecified atom stereocenters. The van der Waals surface area contributed by atoms with Gasteiger partial charge in [0.25, 0.3) is 0 Å². The third kappa shape index (κ3) is 2.48. The molecule has 1 aliphatic carbocycles. The molecule has 4 aromatic rings. The number of carbonyl (C=O) groups is 2. The number of ketones is 2. The van der Waals surface area contributed by atoms with Gasteiger partial charge in [0.1, 0.15) is 0 Å². The van der Waals surface area contributed by atoms with E-state index in [2.05, 4.69) is 36.4 Å². The van der Waals surface area contributed by atoms with Gasteiger partial charge in [-0.05, 0) is 33.4 Å². The molecular formula is C30H20O3. The van der Waals surface area contributed by atoms with Crippen molar-refractivity contribution in [2.75, 3.05) is 0 Å². The number of ether oxygens (including phenoxy) is 1. The van der Waals surface area contributed by atoms with E-state index in [1.807, 2.05) is 48.5 Å². The van der Waals surface area contributed by atoms with E-state index in [0.717, 1.165) is 33.4 Å². The largest absolute Gasteiger partial charge is 0.364 e. The topological polar surface area (TPSA) is 43.4 Å². The summed E-state index contributed by atoms with van der Waals surface area (Å²) in [7, 11) is 0. The lowest BCUT2D eigenvalue weighted by atomic mass is 9.64. The van der Waals surface area contributed by atoms with Crippen LogP contribution >= 0.6 is 0 Å². The third-order valence-corrected chi connectivity index (χ3v) is 7.42. The van der Waals surface area contributed by atoms with Gasteiger partial charge in [-0.1, -0.05) is 97.1 Å². The van der Waals surface area contributed by atoms with E-state index >= 15 is 0 Å². The molecule has 0 saturated carbocycles. The van der Waals surface area contributed by atoms with Crippen molar-refractivity contribution in [2.45, 2.75) is 12.2 Å². The Bertz CT molecular complexity index is 1330. The molecule has 3 aliphatic rings. The first kappa shape index (κ1) is 18.7. The van der Waals surface area contributed by atoms with Crippen molar-refractivity contribution in [3.63, 3.8) is 0 Å². The summed E-state index contributed by atoms with van der Waals surface area (Å²) in [4.78, 5) is 27.2. The smallest absolute Gasteiger partial charge is 0.170 e. The minimum absolute atomic E-state index is 0.0254. The van der Waals surface area contributed by atoms with E-state index in [1.54, 1.807) is 12.1 Å². The predicted molar refractivity (Wildman–Crippen MR) is 126 cm³/mol. The van der Waals surface area contributed by atoms with E-state index in [1.165, 1.54) is 0 Å². The summed E-state index contributed by atoms with van der Waals surface area (Å²) < 4.78 is 6.54. The highest BCUT2D eigenvalue weighted by molar-refractivity contribution is 6.17. The van der Waals surface area contributed by atoms with Gasteiger partial charge in [0.15, 0.2) is 11.6 Å². The van der Waals surface area contributed by atoms with Gasteiger partial charge in [-0.3, -0.25) is 9.59 Å². The summed E-state index contributed by atoms with van der Waals surface area (Å²) in [6.07, 6.45) is -0.836. The van der Waals surface area contributed by atoms with Gasteiger partial charge in [0.2, 0.25) is 0 Å². The minimum atomic E-state index is -0.474. The molecule has 4 aromatic carbocycles. The molecule has 2 bridgehead atoms. The SMILES string of the molecule is O=C1c2ccccc2C(=O)[C@H]2[C@@H]1[C@@H]1O[C@H]2c2c(-c3ccccc3)ccc(-c3ccccc3)c21. The maximum atomic E-state index is 13.6. The number of carbonyl (C=O) groups excluding carboxylic acids is 2. The summed E-state index contributed by atoms with van der Waals surface area (Å²) in [5, 5.41) is 0. The van der Waals surface area contributed by atoms with Gasteiger partial charge >= 0.3 is 0 Å². The Balaban J connectivity index is 1.49. The van der Waals surface area contributed by atoms with Crippen molar-refractivity contribution >= 4 is 11.6 Å². The lowest BCUT2D eigenvalue weighted by Gasteiger charge is -2.34. The first-order valence-electron chi connectivity index (χ1n) is 11.3. The second kappa shape index (κ2) is 6.84. The van der Waals surface area contributed by atoms with Crippen LogP contribution in [0.1, 0.15) is 44.1 Å². The Kier molecular flexibility index (Phi) is 3.88. The van der Waals surface area contributed by atoms with Crippen molar-refractivity contribution in [3.05, 3.63) is 119 Å².